The maximum Gasteiger partial charge on any atom is 0.282 e. The molecule has 2 aromatic rings. The number of carbonyl (C=O) groups is 1. The Morgan fingerprint density at radius 1 is 1.16 bits per heavy atom. The molecule has 164 valence electrons. The normalized spacial score (nSPS) is 16.5. The van der Waals surface area contributed by atoms with E-state index in [9.17, 15) is 4.79 Å². The topological polar surface area (TPSA) is 84.2 Å². The molecule has 0 atom stereocenters. The number of hydrogen-bond donors (Lipinski definition) is 1. The summed E-state index contributed by atoms with van der Waals surface area (Å²) in [4.78, 5) is 23.1. The standard InChI is InChI=1S/C24H23N3O4S/c1-15-4-7-18(8-5-15)32-11-10-30-20-9-6-17(14-21(20)29-3)13-19-23(25)27-22(26-24(19)28)12-16(2)31-27/h4-9,12-14,25H,10-11H2,1-3H3/b19-13-,25-23?. The summed E-state index contributed by atoms with van der Waals surface area (Å²) in [6.45, 7) is 4.33. The Kier molecular flexibility index (Phi) is 6.32. The Hall–Kier alpha value is -3.52. The zero-order valence-corrected chi connectivity index (χ0v) is 18.9. The van der Waals surface area contributed by atoms with Crippen LogP contribution in [0.3, 0.4) is 0 Å². The number of thioether (sulfide) groups is 1. The van der Waals surface area contributed by atoms with E-state index in [2.05, 4.69) is 36.2 Å². The average molecular weight is 450 g/mol. The summed E-state index contributed by atoms with van der Waals surface area (Å²) in [7, 11) is 1.57. The molecule has 0 fully saturated rings. The summed E-state index contributed by atoms with van der Waals surface area (Å²) in [5, 5.41) is 9.56. The second-order valence-corrected chi connectivity index (χ2v) is 8.41. The van der Waals surface area contributed by atoms with Crippen molar-refractivity contribution < 1.29 is 19.1 Å². The van der Waals surface area contributed by atoms with Crippen molar-refractivity contribution in [1.29, 1.82) is 5.41 Å². The molecule has 0 aromatic heterocycles. The number of hydrogen-bond acceptors (Lipinski definition) is 6. The average Bonchev–Trinajstić information content (AvgIpc) is 3.16. The number of allylic oxidation sites excluding steroid dienone is 1. The number of amides is 1. The second-order valence-electron chi connectivity index (χ2n) is 7.24. The number of nitrogens with one attached hydrogen (secondary N) is 1. The third kappa shape index (κ3) is 4.70. The van der Waals surface area contributed by atoms with Gasteiger partial charge < -0.3 is 14.3 Å². The summed E-state index contributed by atoms with van der Waals surface area (Å²) in [5.74, 6) is 2.32. The number of methoxy groups -OCH3 is 1. The van der Waals surface area contributed by atoms with Crippen molar-refractivity contribution in [2.75, 3.05) is 19.5 Å². The van der Waals surface area contributed by atoms with Crippen LogP contribution >= 0.6 is 11.8 Å². The highest BCUT2D eigenvalue weighted by Gasteiger charge is 2.34. The van der Waals surface area contributed by atoms with Crippen molar-refractivity contribution in [3.05, 3.63) is 71.0 Å². The smallest absolute Gasteiger partial charge is 0.282 e. The van der Waals surface area contributed by atoms with Crippen LogP contribution in [0.4, 0.5) is 0 Å². The zero-order chi connectivity index (χ0) is 22.7. The van der Waals surface area contributed by atoms with E-state index in [1.54, 1.807) is 50.1 Å². The molecule has 2 aliphatic heterocycles. The van der Waals surface area contributed by atoms with E-state index in [0.29, 0.717) is 35.3 Å². The van der Waals surface area contributed by atoms with Gasteiger partial charge in [0.25, 0.3) is 5.91 Å². The molecule has 0 saturated carbocycles. The highest BCUT2D eigenvalue weighted by atomic mass is 32.2. The number of benzene rings is 2. The number of ether oxygens (including phenoxy) is 2. The molecule has 7 nitrogen and oxygen atoms in total. The molecule has 1 N–H and O–H groups in total. The largest absolute Gasteiger partial charge is 0.493 e. The minimum absolute atomic E-state index is 0.0551. The summed E-state index contributed by atoms with van der Waals surface area (Å²) < 4.78 is 11.4. The van der Waals surface area contributed by atoms with Crippen molar-refractivity contribution in [3.8, 4) is 11.5 Å². The minimum atomic E-state index is -0.483. The summed E-state index contributed by atoms with van der Waals surface area (Å²) in [5.41, 5.74) is 2.07. The SMILES string of the molecule is COc1cc(/C=C2/C(=N)N3OC(C)=CC3=NC2=O)ccc1OCCSc1ccc(C)cc1. The van der Waals surface area contributed by atoms with Gasteiger partial charge in [-0.05, 0) is 49.8 Å². The number of carbonyl (C=O) groups excluding carboxylic acids is 1. The number of aryl methyl sites for hydroxylation is 1. The number of fused-ring (bicyclic) bond motifs is 1. The van der Waals surface area contributed by atoms with Crippen LogP contribution in [0.5, 0.6) is 11.5 Å². The van der Waals surface area contributed by atoms with Crippen LogP contribution < -0.4 is 9.47 Å². The van der Waals surface area contributed by atoms with Crippen LogP contribution in [-0.4, -0.2) is 42.1 Å². The Labute approximate surface area is 190 Å². The van der Waals surface area contributed by atoms with E-state index >= 15 is 0 Å². The number of nitrogens with zero attached hydrogens (tertiary/aromatic N) is 2. The summed E-state index contributed by atoms with van der Waals surface area (Å²) >= 11 is 1.73. The minimum Gasteiger partial charge on any atom is -0.493 e. The zero-order valence-electron chi connectivity index (χ0n) is 18.0. The summed E-state index contributed by atoms with van der Waals surface area (Å²) in [6.07, 6.45) is 3.22. The molecule has 2 aromatic carbocycles. The van der Waals surface area contributed by atoms with Gasteiger partial charge in [0, 0.05) is 16.7 Å². The Balaban J connectivity index is 1.42. The van der Waals surface area contributed by atoms with Gasteiger partial charge in [-0.1, -0.05) is 23.8 Å². The van der Waals surface area contributed by atoms with E-state index in [4.69, 9.17) is 19.7 Å². The fraction of sp³-hybridized carbons (Fsp3) is 0.208. The van der Waals surface area contributed by atoms with Gasteiger partial charge in [0.05, 0.1) is 19.3 Å². The molecule has 1 amide bonds. The van der Waals surface area contributed by atoms with Crippen molar-refractivity contribution in [2.24, 2.45) is 4.99 Å². The van der Waals surface area contributed by atoms with Crippen LogP contribution in [-0.2, 0) is 9.63 Å². The first-order valence-electron chi connectivity index (χ1n) is 10.0. The molecule has 0 saturated heterocycles. The molecular formula is C24H23N3O4S. The molecule has 0 spiro atoms. The lowest BCUT2D eigenvalue weighted by molar-refractivity contribution is -0.114. The van der Waals surface area contributed by atoms with Crippen LogP contribution in [0.15, 0.2) is 69.8 Å². The maximum absolute atomic E-state index is 12.4. The van der Waals surface area contributed by atoms with Crippen molar-refractivity contribution in [2.45, 2.75) is 18.7 Å². The fourth-order valence-corrected chi connectivity index (χ4v) is 3.94. The van der Waals surface area contributed by atoms with Crippen LogP contribution in [0.1, 0.15) is 18.1 Å². The molecule has 0 unspecified atom stereocenters. The van der Waals surface area contributed by atoms with Gasteiger partial charge in [-0.25, -0.2) is 0 Å². The lowest BCUT2D eigenvalue weighted by atomic mass is 10.1. The Morgan fingerprint density at radius 3 is 2.69 bits per heavy atom. The lowest BCUT2D eigenvalue weighted by Crippen LogP contribution is -2.38. The third-order valence-corrected chi connectivity index (χ3v) is 5.79. The monoisotopic (exact) mass is 449 g/mol. The summed E-state index contributed by atoms with van der Waals surface area (Å²) in [6, 6.07) is 13.8. The van der Waals surface area contributed by atoms with E-state index in [1.165, 1.54) is 15.5 Å². The van der Waals surface area contributed by atoms with Crippen LogP contribution in [0.25, 0.3) is 6.08 Å². The molecule has 4 rings (SSSR count). The Bertz CT molecular complexity index is 1150. The van der Waals surface area contributed by atoms with Gasteiger partial charge in [0.15, 0.2) is 23.2 Å². The fourth-order valence-electron chi connectivity index (χ4n) is 3.21. The number of aliphatic imine (C=N–C) groups is 1. The molecule has 0 aliphatic carbocycles. The van der Waals surface area contributed by atoms with Gasteiger partial charge >= 0.3 is 0 Å². The van der Waals surface area contributed by atoms with Gasteiger partial charge in [-0.2, -0.15) is 4.99 Å². The molecule has 2 heterocycles. The predicted molar refractivity (Wildman–Crippen MR) is 125 cm³/mol. The van der Waals surface area contributed by atoms with E-state index in [-0.39, 0.29) is 11.4 Å². The first-order valence-corrected chi connectivity index (χ1v) is 11.0. The van der Waals surface area contributed by atoms with Crippen molar-refractivity contribution in [1.82, 2.24) is 5.06 Å². The highest BCUT2D eigenvalue weighted by Crippen LogP contribution is 2.30. The van der Waals surface area contributed by atoms with Crippen molar-refractivity contribution in [3.63, 3.8) is 0 Å². The quantitative estimate of drug-likeness (QED) is 0.377. The predicted octanol–water partition coefficient (Wildman–Crippen LogP) is 4.63. The molecular weight excluding hydrogens is 426 g/mol. The van der Waals surface area contributed by atoms with Crippen LogP contribution in [0.2, 0.25) is 0 Å². The molecule has 0 bridgehead atoms. The Morgan fingerprint density at radius 2 is 1.94 bits per heavy atom. The molecule has 2 aliphatic rings. The number of rotatable bonds is 7. The van der Waals surface area contributed by atoms with Crippen LogP contribution in [0, 0.1) is 12.3 Å². The first-order chi connectivity index (χ1) is 15.4. The van der Waals surface area contributed by atoms with Gasteiger partial charge in [0.1, 0.15) is 5.76 Å². The molecule has 0 radical (unpaired) electrons. The van der Waals surface area contributed by atoms with E-state index in [0.717, 1.165) is 5.75 Å². The number of amidine groups is 2. The molecule has 32 heavy (non-hydrogen) atoms. The van der Waals surface area contributed by atoms with Crippen molar-refractivity contribution >= 4 is 35.4 Å². The van der Waals surface area contributed by atoms with Gasteiger partial charge in [0.2, 0.25) is 0 Å². The first kappa shape index (κ1) is 21.7. The second kappa shape index (κ2) is 9.32. The lowest BCUT2D eigenvalue weighted by Gasteiger charge is -2.23. The third-order valence-electron chi connectivity index (χ3n) is 4.81. The maximum atomic E-state index is 12.4. The van der Waals surface area contributed by atoms with Gasteiger partial charge in [-0.15, -0.1) is 16.8 Å². The highest BCUT2D eigenvalue weighted by molar-refractivity contribution is 7.99. The van der Waals surface area contributed by atoms with E-state index in [1.807, 2.05) is 6.07 Å². The number of hydroxylamine groups is 2. The van der Waals surface area contributed by atoms with Gasteiger partial charge in [-0.3, -0.25) is 10.2 Å². The molecule has 8 heteroatoms. The van der Waals surface area contributed by atoms with E-state index < -0.39 is 5.91 Å².